The number of carbonyl (C=O) groups excluding carboxylic acids is 1. The van der Waals surface area contributed by atoms with Crippen molar-refractivity contribution in [3.63, 3.8) is 0 Å². The van der Waals surface area contributed by atoms with Gasteiger partial charge in [0.05, 0.1) is 18.8 Å². The maximum absolute atomic E-state index is 12.5. The van der Waals surface area contributed by atoms with Gasteiger partial charge in [-0.3, -0.25) is 4.79 Å². The van der Waals surface area contributed by atoms with E-state index in [4.69, 9.17) is 0 Å². The molecule has 0 aromatic heterocycles. The van der Waals surface area contributed by atoms with Crippen LogP contribution in [0.3, 0.4) is 0 Å². The van der Waals surface area contributed by atoms with Crippen molar-refractivity contribution in [3.8, 4) is 0 Å². The molecule has 0 aliphatic rings. The van der Waals surface area contributed by atoms with Crippen molar-refractivity contribution < 1.29 is 15.0 Å². The van der Waals surface area contributed by atoms with E-state index < -0.39 is 12.1 Å². The molecule has 0 heterocycles. The summed E-state index contributed by atoms with van der Waals surface area (Å²) in [5.41, 5.74) is 0. The Morgan fingerprint density at radius 1 is 0.305 bits per heavy atom. The summed E-state index contributed by atoms with van der Waals surface area (Å²) < 4.78 is 0. The van der Waals surface area contributed by atoms with Crippen LogP contribution in [-0.2, 0) is 4.79 Å². The number of nitrogens with one attached hydrogen (secondary N) is 1. The largest absolute Gasteiger partial charge is 0.394 e. The fraction of sp³-hybridized carbons (Fsp3) is 0.654. The molecule has 0 aromatic rings. The molecule has 4 nitrogen and oxygen atoms in total. The minimum atomic E-state index is -0.872. The van der Waals surface area contributed by atoms with Gasteiger partial charge in [-0.15, -0.1) is 0 Å². The maximum atomic E-state index is 12.5. The highest BCUT2D eigenvalue weighted by Crippen LogP contribution is 2.17. The lowest BCUT2D eigenvalue weighted by Gasteiger charge is -2.19. The molecule has 2 atom stereocenters. The second-order valence-corrected chi connectivity index (χ2v) is 22.9. The second kappa shape index (κ2) is 71.3. The number of unbranched alkanes of at least 4 members (excludes halogenated alkanes) is 31. The third-order valence-corrected chi connectivity index (χ3v) is 15.0. The number of aliphatic hydroxyl groups excluding tert-OH is 2. The smallest absolute Gasteiger partial charge is 0.220 e. The fourth-order valence-corrected chi connectivity index (χ4v) is 9.81. The molecule has 1 amide bonds. The standard InChI is InChI=1S/C78H131NO3/c1-3-5-7-9-11-13-15-17-19-21-23-25-27-29-31-33-35-36-37-38-39-40-41-42-44-46-48-50-52-54-56-58-60-62-64-66-68-70-72-74-78(82)79-76(75-80)77(81)73-71-69-67-65-63-61-59-57-55-53-51-49-47-45-43-34-32-30-28-26-24-22-20-18-16-14-12-10-8-6-4-2/h5,7,11,13,17,19,23,25,29,31,35-36,38-39,41-42,46,48,52,54,58,60,64,66,71,73,76-77,80-81H,3-4,6,8-10,12,14-16,18,20-22,24,26-28,30,32-34,37,40,43-45,47,49-51,53,55-57,59,61-63,65,67-70,72,74-75H2,1-2H3,(H,79,82)/b7-5-,13-11-,19-17-,25-23-,31-29-,36-35-,39-38-,42-41-,48-46-,54-52-,60-58-,66-64-,73-71+. The van der Waals surface area contributed by atoms with Gasteiger partial charge in [0.2, 0.25) is 5.91 Å². The molecule has 0 bridgehead atoms. The van der Waals surface area contributed by atoms with E-state index >= 15 is 0 Å². The summed E-state index contributed by atoms with van der Waals surface area (Å²) in [5.74, 6) is -0.109. The highest BCUT2D eigenvalue weighted by Gasteiger charge is 2.18. The van der Waals surface area contributed by atoms with Crippen molar-refractivity contribution in [2.24, 2.45) is 0 Å². The van der Waals surface area contributed by atoms with E-state index in [0.29, 0.717) is 6.42 Å². The van der Waals surface area contributed by atoms with Crippen LogP contribution in [0, 0.1) is 0 Å². The number of carbonyl (C=O) groups is 1. The third kappa shape index (κ3) is 66.8. The van der Waals surface area contributed by atoms with E-state index in [9.17, 15) is 15.0 Å². The minimum absolute atomic E-state index is 0.109. The van der Waals surface area contributed by atoms with Crippen molar-refractivity contribution in [1.29, 1.82) is 0 Å². The van der Waals surface area contributed by atoms with Crippen LogP contribution < -0.4 is 5.32 Å². The first-order valence-electron chi connectivity index (χ1n) is 34.7. The van der Waals surface area contributed by atoms with E-state index in [0.717, 1.165) is 109 Å². The summed E-state index contributed by atoms with van der Waals surface area (Å²) >= 11 is 0. The van der Waals surface area contributed by atoms with Gasteiger partial charge in [0.15, 0.2) is 0 Å². The first-order chi connectivity index (χ1) is 40.7. The Bertz CT molecular complexity index is 1710. The van der Waals surface area contributed by atoms with Crippen LogP contribution in [0.4, 0.5) is 0 Å². The summed E-state index contributed by atoms with van der Waals surface area (Å²) in [6, 6.07) is -0.660. The van der Waals surface area contributed by atoms with Crippen molar-refractivity contribution in [3.05, 3.63) is 158 Å². The molecule has 0 radical (unpaired) electrons. The third-order valence-electron chi connectivity index (χ3n) is 15.0. The topological polar surface area (TPSA) is 69.6 Å². The highest BCUT2D eigenvalue weighted by molar-refractivity contribution is 5.76. The maximum Gasteiger partial charge on any atom is 0.220 e. The average molecular weight is 1130 g/mol. The van der Waals surface area contributed by atoms with Gasteiger partial charge in [-0.2, -0.15) is 0 Å². The van der Waals surface area contributed by atoms with Gasteiger partial charge < -0.3 is 15.5 Å². The molecule has 0 rings (SSSR count). The molecular weight excluding hydrogens is 999 g/mol. The summed E-state index contributed by atoms with van der Waals surface area (Å²) in [7, 11) is 0. The van der Waals surface area contributed by atoms with Gasteiger partial charge in [-0.05, 0) is 109 Å². The Morgan fingerprint density at radius 2 is 0.537 bits per heavy atom. The van der Waals surface area contributed by atoms with Gasteiger partial charge in [0.1, 0.15) is 0 Å². The van der Waals surface area contributed by atoms with Gasteiger partial charge in [-0.1, -0.05) is 352 Å². The second-order valence-electron chi connectivity index (χ2n) is 22.9. The normalized spacial score (nSPS) is 13.8. The molecule has 0 saturated heterocycles. The van der Waals surface area contributed by atoms with Crippen LogP contribution in [0.25, 0.3) is 0 Å². The Labute approximate surface area is 509 Å². The van der Waals surface area contributed by atoms with Crippen molar-refractivity contribution in [2.45, 2.75) is 321 Å². The van der Waals surface area contributed by atoms with E-state index in [2.05, 4.69) is 165 Å². The average Bonchev–Trinajstić information content (AvgIpc) is 3.50. The van der Waals surface area contributed by atoms with Crippen LogP contribution in [-0.4, -0.2) is 34.9 Å². The van der Waals surface area contributed by atoms with Crippen molar-refractivity contribution in [2.75, 3.05) is 6.61 Å². The zero-order chi connectivity index (χ0) is 59.1. The molecule has 3 N–H and O–H groups in total. The summed E-state index contributed by atoms with van der Waals surface area (Å²) in [6.07, 6.45) is 113. The lowest BCUT2D eigenvalue weighted by molar-refractivity contribution is -0.123. The SMILES string of the molecule is CC/C=C\C/C=C\C/C=C\C/C=C\C/C=C\C/C=C\C/C=C\C/C=C\C/C=C\C/C=C\C/C=C\C/C=C\CCCCC(=O)NC(CO)C(O)/C=C/CCCCCCCCCCCCCCCCCCCCCCCCCCCCCCC. The molecular formula is C78H131NO3. The van der Waals surface area contributed by atoms with Crippen molar-refractivity contribution in [1.82, 2.24) is 5.32 Å². The first-order valence-corrected chi connectivity index (χ1v) is 34.7. The predicted octanol–water partition coefficient (Wildman–Crippen LogP) is 24.0. The van der Waals surface area contributed by atoms with Crippen LogP contribution >= 0.6 is 0 Å². The van der Waals surface area contributed by atoms with E-state index in [1.807, 2.05) is 6.08 Å². The lowest BCUT2D eigenvalue weighted by atomic mass is 10.0. The van der Waals surface area contributed by atoms with Crippen molar-refractivity contribution >= 4 is 5.91 Å². The van der Waals surface area contributed by atoms with Crippen LogP contribution in [0.1, 0.15) is 309 Å². The Morgan fingerprint density at radius 3 is 0.805 bits per heavy atom. The number of allylic oxidation sites excluding steroid dienone is 25. The minimum Gasteiger partial charge on any atom is -0.394 e. The Balaban J connectivity index is 3.65. The number of rotatable bonds is 62. The van der Waals surface area contributed by atoms with E-state index in [1.54, 1.807) is 6.08 Å². The molecule has 0 spiro atoms. The molecule has 0 aliphatic carbocycles. The number of hydrogen-bond acceptors (Lipinski definition) is 3. The predicted molar refractivity (Wildman–Crippen MR) is 368 cm³/mol. The first kappa shape index (κ1) is 78.0. The lowest BCUT2D eigenvalue weighted by Crippen LogP contribution is -2.45. The zero-order valence-corrected chi connectivity index (χ0v) is 53.7. The Hall–Kier alpha value is -3.99. The molecule has 82 heavy (non-hydrogen) atoms. The van der Waals surface area contributed by atoms with Gasteiger partial charge >= 0.3 is 0 Å². The highest BCUT2D eigenvalue weighted by atomic mass is 16.3. The van der Waals surface area contributed by atoms with Gasteiger partial charge in [0.25, 0.3) is 0 Å². The zero-order valence-electron chi connectivity index (χ0n) is 53.7. The fourth-order valence-electron chi connectivity index (χ4n) is 9.81. The molecule has 0 saturated carbocycles. The van der Waals surface area contributed by atoms with E-state index in [-0.39, 0.29) is 12.5 Å². The molecule has 0 fully saturated rings. The molecule has 4 heteroatoms. The van der Waals surface area contributed by atoms with Crippen LogP contribution in [0.2, 0.25) is 0 Å². The van der Waals surface area contributed by atoms with Gasteiger partial charge in [-0.25, -0.2) is 0 Å². The quantitative estimate of drug-likeness (QED) is 0.0420. The summed E-state index contributed by atoms with van der Waals surface area (Å²) in [6.45, 7) is 4.19. The van der Waals surface area contributed by atoms with E-state index in [1.165, 1.54) is 180 Å². The summed E-state index contributed by atoms with van der Waals surface area (Å²) in [5, 5.41) is 23.2. The summed E-state index contributed by atoms with van der Waals surface area (Å²) in [4.78, 5) is 12.5. The number of hydrogen-bond donors (Lipinski definition) is 3. The van der Waals surface area contributed by atoms with Crippen LogP contribution in [0.15, 0.2) is 158 Å². The number of aliphatic hydroxyl groups is 2. The number of amides is 1. The molecule has 2 unspecified atom stereocenters. The molecule has 466 valence electrons. The van der Waals surface area contributed by atoms with Gasteiger partial charge in [0, 0.05) is 6.42 Å². The monoisotopic (exact) mass is 1130 g/mol. The Kier molecular flexibility index (Phi) is 67.8. The molecule has 0 aliphatic heterocycles. The molecule has 0 aromatic carbocycles. The van der Waals surface area contributed by atoms with Crippen LogP contribution in [0.5, 0.6) is 0 Å².